The normalized spacial score (nSPS) is 24.2. The number of hydrogen-bond acceptors (Lipinski definition) is 3. The number of rotatable bonds is 4. The summed E-state index contributed by atoms with van der Waals surface area (Å²) in [5.74, 6) is 0. The molecule has 0 aromatic heterocycles. The van der Waals surface area contributed by atoms with Gasteiger partial charge in [-0.25, -0.2) is 13.1 Å². The predicted octanol–water partition coefficient (Wildman–Crippen LogP) is 2.60. The molecule has 0 spiro atoms. The predicted molar refractivity (Wildman–Crippen MR) is 88.5 cm³/mol. The first-order valence-electron chi connectivity index (χ1n) is 8.29. The molecule has 1 atom stereocenters. The van der Waals surface area contributed by atoms with Gasteiger partial charge in [0.2, 0.25) is 10.0 Å². The van der Waals surface area contributed by atoms with Gasteiger partial charge in [0.1, 0.15) is 0 Å². The van der Waals surface area contributed by atoms with Gasteiger partial charge in [-0.3, -0.25) is 4.90 Å². The summed E-state index contributed by atoms with van der Waals surface area (Å²) < 4.78 is 28.2. The number of benzene rings is 1. The van der Waals surface area contributed by atoms with E-state index >= 15 is 0 Å². The van der Waals surface area contributed by atoms with Crippen LogP contribution >= 0.6 is 0 Å². The van der Waals surface area contributed by atoms with E-state index in [9.17, 15) is 8.42 Å². The smallest absolute Gasteiger partial charge is 0.241 e. The van der Waals surface area contributed by atoms with Crippen LogP contribution in [0.2, 0.25) is 0 Å². The first-order chi connectivity index (χ1) is 10.5. The van der Waals surface area contributed by atoms with Gasteiger partial charge in [0.05, 0.1) is 4.90 Å². The summed E-state index contributed by atoms with van der Waals surface area (Å²) in [4.78, 5) is 2.89. The minimum Gasteiger partial charge on any atom is -0.299 e. The number of hydrogen-bond donors (Lipinski definition) is 1. The van der Waals surface area contributed by atoms with E-state index in [0.29, 0.717) is 10.9 Å². The zero-order valence-corrected chi connectivity index (χ0v) is 14.3. The Hall–Kier alpha value is -0.910. The van der Waals surface area contributed by atoms with Gasteiger partial charge in [-0.15, -0.1) is 0 Å². The second kappa shape index (κ2) is 6.30. The van der Waals surface area contributed by atoms with Crippen molar-refractivity contribution in [1.82, 2.24) is 9.62 Å². The molecule has 0 bridgehead atoms. The van der Waals surface area contributed by atoms with Crippen LogP contribution in [0.5, 0.6) is 0 Å². The van der Waals surface area contributed by atoms with Crippen LogP contribution in [0.1, 0.15) is 43.2 Å². The first-order valence-corrected chi connectivity index (χ1v) is 9.78. The topological polar surface area (TPSA) is 49.4 Å². The van der Waals surface area contributed by atoms with E-state index < -0.39 is 10.0 Å². The average Bonchev–Trinajstić information content (AvgIpc) is 3.07. The van der Waals surface area contributed by atoms with E-state index in [1.165, 1.54) is 25.7 Å². The molecule has 3 rings (SSSR count). The van der Waals surface area contributed by atoms with E-state index in [1.54, 1.807) is 6.07 Å². The molecule has 2 aliphatic rings. The van der Waals surface area contributed by atoms with Gasteiger partial charge in [0.25, 0.3) is 0 Å². The molecule has 5 heteroatoms. The molecule has 1 aromatic carbocycles. The molecule has 1 aliphatic carbocycles. The Morgan fingerprint density at radius 3 is 2.55 bits per heavy atom. The van der Waals surface area contributed by atoms with Gasteiger partial charge in [0, 0.05) is 25.2 Å². The van der Waals surface area contributed by atoms with Crippen LogP contribution in [-0.2, 0) is 10.0 Å². The van der Waals surface area contributed by atoms with Crippen LogP contribution in [0, 0.1) is 13.8 Å². The minimum absolute atomic E-state index is 0.0475. The number of aryl methyl sites for hydroxylation is 2. The summed E-state index contributed by atoms with van der Waals surface area (Å²) in [7, 11) is -3.41. The summed E-state index contributed by atoms with van der Waals surface area (Å²) in [6.45, 7) is 5.72. The van der Waals surface area contributed by atoms with E-state index in [4.69, 9.17) is 0 Å². The van der Waals surface area contributed by atoms with Crippen molar-refractivity contribution < 1.29 is 8.42 Å². The van der Waals surface area contributed by atoms with Crippen LogP contribution in [0.25, 0.3) is 0 Å². The molecule has 0 unspecified atom stereocenters. The van der Waals surface area contributed by atoms with Crippen molar-refractivity contribution in [3.05, 3.63) is 29.3 Å². The van der Waals surface area contributed by atoms with Crippen LogP contribution in [-0.4, -0.2) is 38.5 Å². The highest BCUT2D eigenvalue weighted by atomic mass is 32.2. The van der Waals surface area contributed by atoms with Crippen molar-refractivity contribution in [2.24, 2.45) is 0 Å². The molecule has 1 saturated carbocycles. The quantitative estimate of drug-likeness (QED) is 0.927. The molecule has 2 fully saturated rings. The number of likely N-dealkylation sites (tertiary alicyclic amines) is 1. The molecule has 1 aromatic rings. The number of nitrogens with zero attached hydrogens (tertiary/aromatic N) is 1. The fraction of sp³-hybridized carbons (Fsp3) is 0.647. The second-order valence-electron chi connectivity index (χ2n) is 6.81. The maximum atomic E-state index is 12.6. The maximum Gasteiger partial charge on any atom is 0.241 e. The molecule has 4 nitrogen and oxygen atoms in total. The van der Waals surface area contributed by atoms with Crippen molar-refractivity contribution in [3.63, 3.8) is 0 Å². The van der Waals surface area contributed by atoms with E-state index in [0.717, 1.165) is 30.6 Å². The highest BCUT2D eigenvalue weighted by molar-refractivity contribution is 7.89. The highest BCUT2D eigenvalue weighted by Crippen LogP contribution is 2.27. The third-order valence-corrected chi connectivity index (χ3v) is 6.68. The molecule has 1 heterocycles. The van der Waals surface area contributed by atoms with Gasteiger partial charge in [-0.05, 0) is 44.7 Å². The third-order valence-electron chi connectivity index (χ3n) is 5.00. The average molecular weight is 322 g/mol. The zero-order valence-electron chi connectivity index (χ0n) is 13.5. The maximum absolute atomic E-state index is 12.6. The molecule has 122 valence electrons. The van der Waals surface area contributed by atoms with Gasteiger partial charge in [0.15, 0.2) is 0 Å². The number of nitrogens with one attached hydrogen (secondary N) is 1. The van der Waals surface area contributed by atoms with Crippen molar-refractivity contribution >= 4 is 10.0 Å². The standard InChI is InChI=1S/C17H26N2O2S/c1-13-7-8-17(14(2)11-13)22(20,21)18-15-9-10-19(12-15)16-5-3-4-6-16/h7-8,11,15-16,18H,3-6,9-10,12H2,1-2H3/t15-/m0/s1. The lowest BCUT2D eigenvalue weighted by atomic mass is 10.2. The van der Waals surface area contributed by atoms with E-state index in [2.05, 4.69) is 9.62 Å². The summed E-state index contributed by atoms with van der Waals surface area (Å²) in [6, 6.07) is 6.23. The molecule has 0 amide bonds. The monoisotopic (exact) mass is 322 g/mol. The van der Waals surface area contributed by atoms with Crippen molar-refractivity contribution in [1.29, 1.82) is 0 Å². The van der Waals surface area contributed by atoms with Crippen LogP contribution in [0.4, 0.5) is 0 Å². The fourth-order valence-corrected chi connectivity index (χ4v) is 5.36. The van der Waals surface area contributed by atoms with Crippen LogP contribution in [0.15, 0.2) is 23.1 Å². The Balaban J connectivity index is 1.67. The molecular weight excluding hydrogens is 296 g/mol. The summed E-state index contributed by atoms with van der Waals surface area (Å²) >= 11 is 0. The highest BCUT2D eigenvalue weighted by Gasteiger charge is 2.32. The molecule has 22 heavy (non-hydrogen) atoms. The Morgan fingerprint density at radius 2 is 1.86 bits per heavy atom. The van der Waals surface area contributed by atoms with Gasteiger partial charge in [-0.2, -0.15) is 0 Å². The van der Waals surface area contributed by atoms with E-state index in [-0.39, 0.29) is 6.04 Å². The summed E-state index contributed by atoms with van der Waals surface area (Å²) in [6.07, 6.45) is 6.11. The van der Waals surface area contributed by atoms with Crippen LogP contribution < -0.4 is 4.72 Å². The zero-order chi connectivity index (χ0) is 15.7. The first kappa shape index (κ1) is 16.0. The fourth-order valence-electron chi connectivity index (χ4n) is 3.87. The largest absolute Gasteiger partial charge is 0.299 e. The SMILES string of the molecule is Cc1ccc(S(=O)(=O)N[C@H]2CCN(C3CCCC3)C2)c(C)c1. The Morgan fingerprint density at radius 1 is 1.14 bits per heavy atom. The molecule has 0 radical (unpaired) electrons. The molecule has 1 aliphatic heterocycles. The summed E-state index contributed by atoms with van der Waals surface area (Å²) in [5, 5.41) is 0. The second-order valence-corrected chi connectivity index (χ2v) is 8.49. The molecule has 1 N–H and O–H groups in total. The van der Waals surface area contributed by atoms with Crippen molar-refractivity contribution in [3.8, 4) is 0 Å². The Labute approximate surface area is 134 Å². The Bertz CT molecular complexity index is 636. The van der Waals surface area contributed by atoms with Gasteiger partial charge >= 0.3 is 0 Å². The molecular formula is C17H26N2O2S. The van der Waals surface area contributed by atoms with E-state index in [1.807, 2.05) is 26.0 Å². The lowest BCUT2D eigenvalue weighted by Crippen LogP contribution is -2.39. The third kappa shape index (κ3) is 3.36. The lowest BCUT2D eigenvalue weighted by molar-refractivity contribution is 0.242. The van der Waals surface area contributed by atoms with Crippen molar-refractivity contribution in [2.45, 2.75) is 62.9 Å². The lowest BCUT2D eigenvalue weighted by Gasteiger charge is -2.23. The van der Waals surface area contributed by atoms with Gasteiger partial charge in [-0.1, -0.05) is 30.5 Å². The van der Waals surface area contributed by atoms with Crippen LogP contribution in [0.3, 0.4) is 0 Å². The van der Waals surface area contributed by atoms with Crippen molar-refractivity contribution in [2.75, 3.05) is 13.1 Å². The molecule has 1 saturated heterocycles. The number of sulfonamides is 1. The Kier molecular flexibility index (Phi) is 4.57. The summed E-state index contributed by atoms with van der Waals surface area (Å²) in [5.41, 5.74) is 1.91. The van der Waals surface area contributed by atoms with Gasteiger partial charge < -0.3 is 0 Å². The minimum atomic E-state index is -3.41.